The third-order valence-electron chi connectivity index (χ3n) is 4.01. The summed E-state index contributed by atoms with van der Waals surface area (Å²) in [6, 6.07) is 7.34. The number of ether oxygens (including phenoxy) is 1. The molecule has 0 aliphatic carbocycles. The number of carbonyl (C=O) groups excluding carboxylic acids is 2. The highest BCUT2D eigenvalue weighted by Crippen LogP contribution is 2.22. The zero-order valence-electron chi connectivity index (χ0n) is 14.1. The van der Waals surface area contributed by atoms with Crippen molar-refractivity contribution >= 4 is 23.6 Å². The number of amides is 2. The van der Waals surface area contributed by atoms with E-state index in [1.54, 1.807) is 11.8 Å². The maximum atomic E-state index is 12.2. The first-order valence-electron chi connectivity index (χ1n) is 8.19. The highest BCUT2D eigenvalue weighted by atomic mass is 35.5. The summed E-state index contributed by atoms with van der Waals surface area (Å²) in [5, 5.41) is 3.61. The predicted molar refractivity (Wildman–Crippen MR) is 93.0 cm³/mol. The van der Waals surface area contributed by atoms with Crippen molar-refractivity contribution in [1.29, 1.82) is 0 Å². The first-order valence-corrected chi connectivity index (χ1v) is 8.57. The van der Waals surface area contributed by atoms with Crippen molar-refractivity contribution in [2.45, 2.75) is 19.9 Å². The average molecular weight is 354 g/mol. The maximum Gasteiger partial charge on any atom is 0.409 e. The molecule has 1 aromatic carbocycles. The molecule has 0 aromatic heterocycles. The zero-order chi connectivity index (χ0) is 17.5. The van der Waals surface area contributed by atoms with Crippen molar-refractivity contribution in [1.82, 2.24) is 15.1 Å². The molecule has 0 unspecified atom stereocenters. The Morgan fingerprint density at radius 2 is 1.92 bits per heavy atom. The van der Waals surface area contributed by atoms with Gasteiger partial charge in [-0.05, 0) is 25.5 Å². The molecule has 1 N–H and O–H groups in total. The van der Waals surface area contributed by atoms with Crippen LogP contribution in [0.25, 0.3) is 0 Å². The van der Waals surface area contributed by atoms with Crippen molar-refractivity contribution < 1.29 is 14.3 Å². The smallest absolute Gasteiger partial charge is 0.409 e. The van der Waals surface area contributed by atoms with E-state index in [2.05, 4.69) is 5.32 Å². The number of hydrogen-bond acceptors (Lipinski definition) is 4. The molecule has 1 aliphatic heterocycles. The monoisotopic (exact) mass is 353 g/mol. The van der Waals surface area contributed by atoms with Gasteiger partial charge in [0.1, 0.15) is 0 Å². The fourth-order valence-corrected chi connectivity index (χ4v) is 3.00. The molecule has 132 valence electrons. The molecule has 1 fully saturated rings. The van der Waals surface area contributed by atoms with E-state index in [0.29, 0.717) is 44.4 Å². The van der Waals surface area contributed by atoms with E-state index in [1.165, 1.54) is 0 Å². The molecule has 2 rings (SSSR count). The van der Waals surface area contributed by atoms with Gasteiger partial charge in [0.05, 0.1) is 19.2 Å². The number of carbonyl (C=O) groups is 2. The van der Waals surface area contributed by atoms with Gasteiger partial charge in [-0.15, -0.1) is 0 Å². The van der Waals surface area contributed by atoms with E-state index in [1.807, 2.05) is 36.1 Å². The topological polar surface area (TPSA) is 61.9 Å². The molecular formula is C17H24ClN3O3. The molecule has 0 saturated carbocycles. The van der Waals surface area contributed by atoms with Crippen molar-refractivity contribution in [3.8, 4) is 0 Å². The number of benzene rings is 1. The minimum atomic E-state index is -0.283. The van der Waals surface area contributed by atoms with Gasteiger partial charge in [0, 0.05) is 31.2 Å². The van der Waals surface area contributed by atoms with E-state index in [0.717, 1.165) is 5.56 Å². The third-order valence-corrected chi connectivity index (χ3v) is 4.36. The van der Waals surface area contributed by atoms with E-state index in [-0.39, 0.29) is 18.0 Å². The van der Waals surface area contributed by atoms with Crippen LogP contribution in [0.5, 0.6) is 0 Å². The Hall–Kier alpha value is -1.79. The molecule has 24 heavy (non-hydrogen) atoms. The van der Waals surface area contributed by atoms with Gasteiger partial charge in [-0.3, -0.25) is 9.69 Å². The summed E-state index contributed by atoms with van der Waals surface area (Å²) in [5.74, 6) is -0.0491. The SMILES string of the molecule is CCOC(=O)N1CCN(CC(=O)N[C@@H](C)c2ccccc2Cl)CC1. The van der Waals surface area contributed by atoms with Crippen molar-refractivity contribution in [2.24, 2.45) is 0 Å². The number of halogens is 1. The molecule has 1 heterocycles. The molecule has 1 atom stereocenters. The molecule has 0 spiro atoms. The van der Waals surface area contributed by atoms with Gasteiger partial charge in [-0.25, -0.2) is 4.79 Å². The number of nitrogens with zero attached hydrogens (tertiary/aromatic N) is 2. The fraction of sp³-hybridized carbons (Fsp3) is 0.529. The highest BCUT2D eigenvalue weighted by Gasteiger charge is 2.23. The Balaban J connectivity index is 1.77. The second-order valence-corrected chi connectivity index (χ2v) is 6.18. The van der Waals surface area contributed by atoms with Crippen molar-refractivity contribution in [3.63, 3.8) is 0 Å². The molecule has 0 bridgehead atoms. The van der Waals surface area contributed by atoms with Gasteiger partial charge in [0.15, 0.2) is 0 Å². The van der Waals surface area contributed by atoms with Crippen LogP contribution in [0.3, 0.4) is 0 Å². The van der Waals surface area contributed by atoms with Crippen LogP contribution in [-0.2, 0) is 9.53 Å². The van der Waals surface area contributed by atoms with E-state index in [9.17, 15) is 9.59 Å². The van der Waals surface area contributed by atoms with Gasteiger partial charge in [0.2, 0.25) is 5.91 Å². The van der Waals surface area contributed by atoms with Crippen LogP contribution in [-0.4, -0.2) is 61.1 Å². The minimum Gasteiger partial charge on any atom is -0.450 e. The van der Waals surface area contributed by atoms with Crippen molar-refractivity contribution in [3.05, 3.63) is 34.9 Å². The molecule has 0 radical (unpaired) electrons. The van der Waals surface area contributed by atoms with Gasteiger partial charge in [0.25, 0.3) is 0 Å². The highest BCUT2D eigenvalue weighted by molar-refractivity contribution is 6.31. The van der Waals surface area contributed by atoms with Crippen LogP contribution in [0.4, 0.5) is 4.79 Å². The number of rotatable bonds is 5. The molecule has 2 amide bonds. The molecule has 1 aromatic rings. The lowest BCUT2D eigenvalue weighted by atomic mass is 10.1. The Morgan fingerprint density at radius 3 is 2.54 bits per heavy atom. The molecule has 7 heteroatoms. The van der Waals surface area contributed by atoms with Crippen LogP contribution in [0.2, 0.25) is 5.02 Å². The molecule has 6 nitrogen and oxygen atoms in total. The van der Waals surface area contributed by atoms with Crippen LogP contribution in [0.1, 0.15) is 25.5 Å². The van der Waals surface area contributed by atoms with Crippen LogP contribution in [0.15, 0.2) is 24.3 Å². The lowest BCUT2D eigenvalue weighted by Gasteiger charge is -2.33. The fourth-order valence-electron chi connectivity index (χ4n) is 2.70. The Labute approximate surface area is 147 Å². The summed E-state index contributed by atoms with van der Waals surface area (Å²) in [6.07, 6.45) is -0.283. The summed E-state index contributed by atoms with van der Waals surface area (Å²) in [6.45, 7) is 6.86. The standard InChI is InChI=1S/C17H24ClN3O3/c1-3-24-17(23)21-10-8-20(9-11-21)12-16(22)19-13(2)14-6-4-5-7-15(14)18/h4-7,13H,3,8-12H2,1-2H3,(H,19,22)/t13-/m0/s1. The van der Waals surface area contributed by atoms with Gasteiger partial charge in [-0.2, -0.15) is 0 Å². The van der Waals surface area contributed by atoms with Gasteiger partial charge >= 0.3 is 6.09 Å². The molecule has 1 saturated heterocycles. The minimum absolute atomic E-state index is 0.0491. The quantitative estimate of drug-likeness (QED) is 0.882. The molecular weight excluding hydrogens is 330 g/mol. The van der Waals surface area contributed by atoms with E-state index >= 15 is 0 Å². The largest absolute Gasteiger partial charge is 0.450 e. The van der Waals surface area contributed by atoms with Crippen LogP contribution in [0, 0.1) is 0 Å². The predicted octanol–water partition coefficient (Wildman–Crippen LogP) is 2.29. The van der Waals surface area contributed by atoms with Crippen molar-refractivity contribution in [2.75, 3.05) is 39.3 Å². The van der Waals surface area contributed by atoms with Crippen LogP contribution >= 0.6 is 11.6 Å². The van der Waals surface area contributed by atoms with Gasteiger partial charge < -0.3 is 15.0 Å². The second-order valence-electron chi connectivity index (χ2n) is 5.77. The van der Waals surface area contributed by atoms with Gasteiger partial charge in [-0.1, -0.05) is 29.8 Å². The number of piperazine rings is 1. The summed E-state index contributed by atoms with van der Waals surface area (Å²) in [7, 11) is 0. The first kappa shape index (κ1) is 18.5. The maximum absolute atomic E-state index is 12.2. The Morgan fingerprint density at radius 1 is 1.25 bits per heavy atom. The third kappa shape index (κ3) is 5.11. The van der Waals surface area contributed by atoms with E-state index < -0.39 is 0 Å². The number of nitrogens with one attached hydrogen (secondary N) is 1. The lowest BCUT2D eigenvalue weighted by Crippen LogP contribution is -2.51. The molecule has 1 aliphatic rings. The Bertz CT molecular complexity index is 574. The second kappa shape index (κ2) is 8.89. The average Bonchev–Trinajstić information content (AvgIpc) is 2.56. The lowest BCUT2D eigenvalue weighted by molar-refractivity contribution is -0.123. The Kier molecular flexibility index (Phi) is 6.87. The van der Waals surface area contributed by atoms with E-state index in [4.69, 9.17) is 16.3 Å². The zero-order valence-corrected chi connectivity index (χ0v) is 14.9. The summed E-state index contributed by atoms with van der Waals surface area (Å²) >= 11 is 6.15. The summed E-state index contributed by atoms with van der Waals surface area (Å²) < 4.78 is 4.99. The normalized spacial score (nSPS) is 16.5. The number of hydrogen-bond donors (Lipinski definition) is 1. The first-order chi connectivity index (χ1) is 11.5. The summed E-state index contributed by atoms with van der Waals surface area (Å²) in [4.78, 5) is 27.6. The summed E-state index contributed by atoms with van der Waals surface area (Å²) in [5.41, 5.74) is 0.902. The van der Waals surface area contributed by atoms with Crippen LogP contribution < -0.4 is 5.32 Å².